The third kappa shape index (κ3) is 3.86. The molecule has 21 heavy (non-hydrogen) atoms. The Morgan fingerprint density at radius 2 is 1.90 bits per heavy atom. The monoisotopic (exact) mass is 294 g/mol. The quantitative estimate of drug-likeness (QED) is 0.841. The van der Waals surface area contributed by atoms with E-state index in [-0.39, 0.29) is 18.6 Å². The molecule has 6 heteroatoms. The lowest BCUT2D eigenvalue weighted by Gasteiger charge is -2.21. The molecule has 116 valence electrons. The van der Waals surface area contributed by atoms with Crippen molar-refractivity contribution in [2.45, 2.75) is 12.1 Å². The van der Waals surface area contributed by atoms with Gasteiger partial charge in [0.15, 0.2) is 6.61 Å². The van der Waals surface area contributed by atoms with E-state index in [0.717, 1.165) is 5.75 Å². The number of methoxy groups -OCH3 is 1. The number of rotatable bonds is 5. The van der Waals surface area contributed by atoms with Crippen molar-refractivity contribution in [2.24, 2.45) is 0 Å². The number of carbonyl (C=O) groups is 1. The molecule has 0 saturated carbocycles. The topological polar surface area (TPSA) is 62.2 Å². The molecule has 1 amide bonds. The molecule has 1 aromatic rings. The Bertz CT molecular complexity index is 475. The Hall–Kier alpha value is -1.79. The summed E-state index contributed by atoms with van der Waals surface area (Å²) in [6.45, 7) is 0.853. The largest absolute Gasteiger partial charge is 0.497 e. The van der Waals surface area contributed by atoms with Crippen LogP contribution in [0.25, 0.3) is 0 Å². The number of nitrogens with zero attached hydrogens (tertiary/aromatic N) is 2. The number of β-amino-alcohol motifs (C(OH)–C–C–N with tert-alkyl or cyclic N) is 1. The molecule has 0 aromatic heterocycles. The molecule has 1 heterocycles. The second-order valence-electron chi connectivity index (χ2n) is 5.36. The molecule has 1 fully saturated rings. The summed E-state index contributed by atoms with van der Waals surface area (Å²) in [5.74, 6) is 1.24. The average Bonchev–Trinajstić information content (AvgIpc) is 2.87. The van der Waals surface area contributed by atoms with E-state index in [1.54, 1.807) is 36.3 Å². The number of amides is 1. The number of hydrogen-bond acceptors (Lipinski definition) is 5. The molecule has 1 saturated heterocycles. The van der Waals surface area contributed by atoms with Crippen LogP contribution in [-0.4, -0.2) is 73.9 Å². The number of hydrogen-bond donors (Lipinski definition) is 1. The molecule has 0 radical (unpaired) electrons. The van der Waals surface area contributed by atoms with E-state index in [1.807, 2.05) is 19.0 Å². The van der Waals surface area contributed by atoms with Crippen LogP contribution in [0.5, 0.6) is 11.5 Å². The van der Waals surface area contributed by atoms with Crippen molar-refractivity contribution >= 4 is 5.91 Å². The Morgan fingerprint density at radius 3 is 2.43 bits per heavy atom. The normalized spacial score (nSPS) is 21.7. The third-order valence-electron chi connectivity index (χ3n) is 3.70. The molecular weight excluding hydrogens is 272 g/mol. The van der Waals surface area contributed by atoms with Crippen molar-refractivity contribution < 1.29 is 19.4 Å². The first-order valence-corrected chi connectivity index (χ1v) is 6.90. The van der Waals surface area contributed by atoms with E-state index < -0.39 is 6.10 Å². The molecular formula is C15H22N2O4. The highest BCUT2D eigenvalue weighted by atomic mass is 16.5. The first-order chi connectivity index (χ1) is 10.0. The summed E-state index contributed by atoms with van der Waals surface area (Å²) in [4.78, 5) is 15.7. The van der Waals surface area contributed by atoms with Gasteiger partial charge in [-0.15, -0.1) is 0 Å². The van der Waals surface area contributed by atoms with Crippen LogP contribution in [0, 0.1) is 0 Å². The standard InChI is InChI=1S/C15H22N2O4/c1-16(2)13-8-17(9-14(13)18)15(19)10-21-12-6-4-11(20-3)5-7-12/h4-7,13-14,18H,8-10H2,1-3H3/t13-,14-/m1/s1. The maximum Gasteiger partial charge on any atom is 0.260 e. The van der Waals surface area contributed by atoms with Gasteiger partial charge in [-0.05, 0) is 38.4 Å². The summed E-state index contributed by atoms with van der Waals surface area (Å²) in [5, 5.41) is 9.93. The first-order valence-electron chi connectivity index (χ1n) is 6.90. The van der Waals surface area contributed by atoms with Gasteiger partial charge in [0.2, 0.25) is 0 Å². The zero-order valence-corrected chi connectivity index (χ0v) is 12.7. The molecule has 6 nitrogen and oxygen atoms in total. The molecule has 1 aliphatic heterocycles. The summed E-state index contributed by atoms with van der Waals surface area (Å²) in [6.07, 6.45) is -0.509. The van der Waals surface area contributed by atoms with Crippen molar-refractivity contribution in [2.75, 3.05) is 40.9 Å². The highest BCUT2D eigenvalue weighted by molar-refractivity contribution is 5.78. The summed E-state index contributed by atoms with van der Waals surface area (Å²) in [6, 6.07) is 7.05. The average molecular weight is 294 g/mol. The molecule has 0 bridgehead atoms. The van der Waals surface area contributed by atoms with Gasteiger partial charge in [0, 0.05) is 13.1 Å². The number of aliphatic hydroxyl groups is 1. The zero-order chi connectivity index (χ0) is 15.4. The molecule has 2 rings (SSSR count). The number of benzene rings is 1. The van der Waals surface area contributed by atoms with Crippen molar-refractivity contribution in [3.63, 3.8) is 0 Å². The molecule has 2 atom stereocenters. The lowest BCUT2D eigenvalue weighted by Crippen LogP contribution is -2.38. The zero-order valence-electron chi connectivity index (χ0n) is 12.7. The molecule has 0 spiro atoms. The van der Waals surface area contributed by atoms with Crippen molar-refractivity contribution in [1.82, 2.24) is 9.80 Å². The number of likely N-dealkylation sites (N-methyl/N-ethyl adjacent to an activating group) is 1. The second-order valence-corrected chi connectivity index (χ2v) is 5.36. The Morgan fingerprint density at radius 1 is 1.29 bits per heavy atom. The molecule has 0 unspecified atom stereocenters. The number of ether oxygens (including phenoxy) is 2. The third-order valence-corrected chi connectivity index (χ3v) is 3.70. The van der Waals surface area contributed by atoms with Crippen LogP contribution < -0.4 is 9.47 Å². The van der Waals surface area contributed by atoms with Crippen LogP contribution >= 0.6 is 0 Å². The van der Waals surface area contributed by atoms with Gasteiger partial charge >= 0.3 is 0 Å². The van der Waals surface area contributed by atoms with Crippen LogP contribution in [0.2, 0.25) is 0 Å². The van der Waals surface area contributed by atoms with Crippen molar-refractivity contribution in [3.05, 3.63) is 24.3 Å². The predicted molar refractivity (Wildman–Crippen MR) is 78.6 cm³/mol. The van der Waals surface area contributed by atoms with Gasteiger partial charge in [0.05, 0.1) is 19.3 Å². The van der Waals surface area contributed by atoms with Crippen LogP contribution in [-0.2, 0) is 4.79 Å². The van der Waals surface area contributed by atoms with Crippen molar-refractivity contribution in [3.8, 4) is 11.5 Å². The summed E-state index contributed by atoms with van der Waals surface area (Å²) in [5.41, 5.74) is 0. The fourth-order valence-corrected chi connectivity index (χ4v) is 2.39. The van der Waals surface area contributed by atoms with Crippen LogP contribution in [0.4, 0.5) is 0 Å². The Labute approximate surface area is 124 Å². The summed E-state index contributed by atoms with van der Waals surface area (Å²) >= 11 is 0. The minimum Gasteiger partial charge on any atom is -0.497 e. The summed E-state index contributed by atoms with van der Waals surface area (Å²) in [7, 11) is 5.39. The molecule has 1 aliphatic rings. The minimum atomic E-state index is -0.509. The Kier molecular flexibility index (Phi) is 5.03. The molecule has 0 aliphatic carbocycles. The van der Waals surface area contributed by atoms with Gasteiger partial charge in [0.1, 0.15) is 11.5 Å². The fourth-order valence-electron chi connectivity index (χ4n) is 2.39. The van der Waals surface area contributed by atoms with E-state index in [2.05, 4.69) is 0 Å². The smallest absolute Gasteiger partial charge is 0.260 e. The maximum absolute atomic E-state index is 12.1. The second kappa shape index (κ2) is 6.78. The minimum absolute atomic E-state index is 0.0186. The lowest BCUT2D eigenvalue weighted by molar-refractivity contribution is -0.132. The van der Waals surface area contributed by atoms with Gasteiger partial charge in [-0.2, -0.15) is 0 Å². The maximum atomic E-state index is 12.1. The first kappa shape index (κ1) is 15.6. The number of aliphatic hydroxyl groups excluding tert-OH is 1. The predicted octanol–water partition coefficient (Wildman–Crippen LogP) is 0.207. The number of likely N-dealkylation sites (tertiary alicyclic amines) is 1. The van der Waals surface area contributed by atoms with Crippen LogP contribution in [0.3, 0.4) is 0 Å². The van der Waals surface area contributed by atoms with E-state index in [1.165, 1.54) is 0 Å². The van der Waals surface area contributed by atoms with E-state index in [9.17, 15) is 9.90 Å². The van der Waals surface area contributed by atoms with Crippen LogP contribution in [0.1, 0.15) is 0 Å². The van der Waals surface area contributed by atoms with E-state index in [0.29, 0.717) is 18.8 Å². The molecule has 1 aromatic carbocycles. The van der Waals surface area contributed by atoms with Gasteiger partial charge < -0.3 is 24.4 Å². The van der Waals surface area contributed by atoms with Crippen molar-refractivity contribution in [1.29, 1.82) is 0 Å². The van der Waals surface area contributed by atoms with Gasteiger partial charge in [-0.1, -0.05) is 0 Å². The van der Waals surface area contributed by atoms with E-state index in [4.69, 9.17) is 9.47 Å². The Balaban J connectivity index is 1.84. The van der Waals surface area contributed by atoms with Crippen LogP contribution in [0.15, 0.2) is 24.3 Å². The number of carbonyl (C=O) groups excluding carboxylic acids is 1. The molecule has 1 N–H and O–H groups in total. The fraction of sp³-hybridized carbons (Fsp3) is 0.533. The lowest BCUT2D eigenvalue weighted by atomic mass is 10.2. The summed E-state index contributed by atoms with van der Waals surface area (Å²) < 4.78 is 10.5. The van der Waals surface area contributed by atoms with E-state index >= 15 is 0 Å². The van der Waals surface area contributed by atoms with Gasteiger partial charge in [-0.3, -0.25) is 4.79 Å². The van der Waals surface area contributed by atoms with Gasteiger partial charge in [-0.25, -0.2) is 0 Å². The highest BCUT2D eigenvalue weighted by Gasteiger charge is 2.35. The SMILES string of the molecule is COc1ccc(OCC(=O)N2C[C@@H](O)[C@H](N(C)C)C2)cc1. The van der Waals surface area contributed by atoms with Gasteiger partial charge in [0.25, 0.3) is 5.91 Å². The highest BCUT2D eigenvalue weighted by Crippen LogP contribution is 2.18.